The topological polar surface area (TPSA) is 48.2 Å². The Morgan fingerprint density at radius 3 is 2.48 bits per heavy atom. The molecule has 1 aromatic heterocycles. The van der Waals surface area contributed by atoms with E-state index in [1.807, 2.05) is 54.6 Å². The standard InChI is InChI=1S/C22H17FN2O2/c23-19-11-9-17(10-12-19)15-26-20-8-4-7-18(14-20)22-24-21(27-25-22)13-16-5-2-1-3-6-16/h1-12,14H,13,15H2. The number of aromatic nitrogens is 2. The minimum absolute atomic E-state index is 0.260. The molecule has 0 aliphatic rings. The number of hydrogen-bond acceptors (Lipinski definition) is 4. The van der Waals surface area contributed by atoms with E-state index in [2.05, 4.69) is 10.1 Å². The number of benzene rings is 3. The third-order valence-electron chi connectivity index (χ3n) is 4.08. The van der Waals surface area contributed by atoms with Gasteiger partial charge >= 0.3 is 0 Å². The van der Waals surface area contributed by atoms with Crippen LogP contribution in [0.2, 0.25) is 0 Å². The molecule has 0 atom stereocenters. The molecule has 4 aromatic rings. The average molecular weight is 360 g/mol. The van der Waals surface area contributed by atoms with Crippen LogP contribution in [0, 0.1) is 5.82 Å². The highest BCUT2D eigenvalue weighted by atomic mass is 19.1. The first-order chi connectivity index (χ1) is 13.3. The molecule has 4 rings (SSSR count). The molecule has 0 fully saturated rings. The summed E-state index contributed by atoms with van der Waals surface area (Å²) in [6, 6.07) is 23.7. The minimum atomic E-state index is -0.260. The summed E-state index contributed by atoms with van der Waals surface area (Å²) in [5.41, 5.74) is 2.82. The lowest BCUT2D eigenvalue weighted by Gasteiger charge is -2.07. The maximum atomic E-state index is 13.0. The fourth-order valence-electron chi connectivity index (χ4n) is 2.69. The van der Waals surface area contributed by atoms with Crippen molar-refractivity contribution in [1.29, 1.82) is 0 Å². The number of nitrogens with zero attached hydrogens (tertiary/aromatic N) is 2. The third kappa shape index (κ3) is 4.39. The lowest BCUT2D eigenvalue weighted by atomic mass is 10.1. The summed E-state index contributed by atoms with van der Waals surface area (Å²) >= 11 is 0. The molecule has 4 nitrogen and oxygen atoms in total. The number of hydrogen-bond donors (Lipinski definition) is 0. The van der Waals surface area contributed by atoms with Crippen molar-refractivity contribution in [3.63, 3.8) is 0 Å². The third-order valence-corrected chi connectivity index (χ3v) is 4.08. The summed E-state index contributed by atoms with van der Waals surface area (Å²) in [4.78, 5) is 4.47. The van der Waals surface area contributed by atoms with Crippen LogP contribution in [0.25, 0.3) is 11.4 Å². The van der Waals surface area contributed by atoms with Gasteiger partial charge in [-0.1, -0.05) is 59.8 Å². The second-order valence-electron chi connectivity index (χ2n) is 6.12. The van der Waals surface area contributed by atoms with Gasteiger partial charge in [-0.15, -0.1) is 0 Å². The van der Waals surface area contributed by atoms with E-state index in [-0.39, 0.29) is 5.82 Å². The highest BCUT2D eigenvalue weighted by Crippen LogP contribution is 2.23. The first-order valence-corrected chi connectivity index (χ1v) is 8.60. The van der Waals surface area contributed by atoms with Gasteiger partial charge in [0, 0.05) is 5.56 Å². The van der Waals surface area contributed by atoms with Crippen LogP contribution in [0.5, 0.6) is 5.75 Å². The van der Waals surface area contributed by atoms with Gasteiger partial charge < -0.3 is 9.26 Å². The zero-order valence-corrected chi connectivity index (χ0v) is 14.5. The van der Waals surface area contributed by atoms with Gasteiger partial charge in [0.2, 0.25) is 11.7 Å². The molecule has 0 unspecified atom stereocenters. The Kier molecular flexibility index (Phi) is 4.92. The monoisotopic (exact) mass is 360 g/mol. The van der Waals surface area contributed by atoms with E-state index >= 15 is 0 Å². The maximum Gasteiger partial charge on any atom is 0.231 e. The zero-order valence-electron chi connectivity index (χ0n) is 14.5. The molecule has 0 radical (unpaired) electrons. The van der Waals surface area contributed by atoms with Crippen LogP contribution in [0.3, 0.4) is 0 Å². The van der Waals surface area contributed by atoms with E-state index in [1.54, 1.807) is 12.1 Å². The summed E-state index contributed by atoms with van der Waals surface area (Å²) in [7, 11) is 0. The van der Waals surface area contributed by atoms with Crippen molar-refractivity contribution in [2.24, 2.45) is 0 Å². The van der Waals surface area contributed by atoms with Crippen LogP contribution < -0.4 is 4.74 Å². The van der Waals surface area contributed by atoms with E-state index in [1.165, 1.54) is 12.1 Å². The molecule has 0 spiro atoms. The maximum absolute atomic E-state index is 13.0. The molecule has 1 heterocycles. The molecule has 0 amide bonds. The van der Waals surface area contributed by atoms with E-state index in [0.717, 1.165) is 16.7 Å². The largest absolute Gasteiger partial charge is 0.489 e. The van der Waals surface area contributed by atoms with Crippen LogP contribution in [0.4, 0.5) is 4.39 Å². The second-order valence-corrected chi connectivity index (χ2v) is 6.12. The summed E-state index contributed by atoms with van der Waals surface area (Å²) < 4.78 is 24.1. The van der Waals surface area contributed by atoms with Gasteiger partial charge in [0.1, 0.15) is 18.2 Å². The van der Waals surface area contributed by atoms with Crippen molar-refractivity contribution in [2.45, 2.75) is 13.0 Å². The van der Waals surface area contributed by atoms with E-state index in [9.17, 15) is 4.39 Å². The summed E-state index contributed by atoms with van der Waals surface area (Å²) in [5.74, 6) is 1.51. The van der Waals surface area contributed by atoms with Crippen molar-refractivity contribution in [3.8, 4) is 17.1 Å². The number of ether oxygens (including phenoxy) is 1. The number of halogens is 1. The molecule has 0 N–H and O–H groups in total. The van der Waals surface area contributed by atoms with Crippen LogP contribution in [0.1, 0.15) is 17.0 Å². The highest BCUT2D eigenvalue weighted by Gasteiger charge is 2.10. The van der Waals surface area contributed by atoms with Crippen LogP contribution in [-0.4, -0.2) is 10.1 Å². The summed E-state index contributed by atoms with van der Waals surface area (Å²) in [6.45, 7) is 0.356. The highest BCUT2D eigenvalue weighted by molar-refractivity contribution is 5.56. The van der Waals surface area contributed by atoms with Gasteiger partial charge in [-0.2, -0.15) is 4.98 Å². The molecule has 0 aliphatic carbocycles. The van der Waals surface area contributed by atoms with E-state index in [4.69, 9.17) is 9.26 Å². The molecule has 3 aromatic carbocycles. The van der Waals surface area contributed by atoms with Gasteiger partial charge in [0.05, 0.1) is 6.42 Å². The zero-order chi connectivity index (χ0) is 18.5. The van der Waals surface area contributed by atoms with Crippen molar-refractivity contribution < 1.29 is 13.7 Å². The van der Waals surface area contributed by atoms with Crippen molar-refractivity contribution in [1.82, 2.24) is 10.1 Å². The molecule has 0 bridgehead atoms. The molecular formula is C22H17FN2O2. The number of rotatable bonds is 6. The Bertz CT molecular complexity index is 1010. The lowest BCUT2D eigenvalue weighted by Crippen LogP contribution is -1.95. The van der Waals surface area contributed by atoms with Gasteiger partial charge in [-0.3, -0.25) is 0 Å². The molecule has 134 valence electrons. The lowest BCUT2D eigenvalue weighted by molar-refractivity contribution is 0.306. The Hall–Kier alpha value is -3.47. The Labute approximate surface area is 156 Å². The Balaban J connectivity index is 1.45. The summed E-state index contributed by atoms with van der Waals surface area (Å²) in [6.07, 6.45) is 0.592. The molecule has 0 aliphatic heterocycles. The second kappa shape index (κ2) is 7.83. The quantitative estimate of drug-likeness (QED) is 0.483. The fraction of sp³-hybridized carbons (Fsp3) is 0.0909. The predicted molar refractivity (Wildman–Crippen MR) is 99.7 cm³/mol. The molecule has 0 saturated heterocycles. The molecule has 5 heteroatoms. The van der Waals surface area contributed by atoms with Gasteiger partial charge in [0.15, 0.2) is 0 Å². The van der Waals surface area contributed by atoms with Crippen molar-refractivity contribution in [2.75, 3.05) is 0 Å². The minimum Gasteiger partial charge on any atom is -0.489 e. The van der Waals surface area contributed by atoms with Crippen LogP contribution in [0.15, 0.2) is 83.4 Å². The van der Waals surface area contributed by atoms with E-state index in [0.29, 0.717) is 30.5 Å². The smallest absolute Gasteiger partial charge is 0.231 e. The molecule has 27 heavy (non-hydrogen) atoms. The normalized spacial score (nSPS) is 10.7. The van der Waals surface area contributed by atoms with Gasteiger partial charge in [-0.25, -0.2) is 4.39 Å². The van der Waals surface area contributed by atoms with E-state index < -0.39 is 0 Å². The SMILES string of the molecule is Fc1ccc(COc2cccc(-c3noc(Cc4ccccc4)n3)c2)cc1. The van der Waals surface area contributed by atoms with Crippen molar-refractivity contribution >= 4 is 0 Å². The predicted octanol–water partition coefficient (Wildman–Crippen LogP) is 5.05. The van der Waals surface area contributed by atoms with Gasteiger partial charge in [0.25, 0.3) is 0 Å². The first kappa shape index (κ1) is 17.0. The molecular weight excluding hydrogens is 343 g/mol. The Morgan fingerprint density at radius 1 is 0.852 bits per heavy atom. The average Bonchev–Trinajstić information content (AvgIpc) is 3.17. The fourth-order valence-corrected chi connectivity index (χ4v) is 2.69. The van der Waals surface area contributed by atoms with Crippen LogP contribution in [-0.2, 0) is 13.0 Å². The first-order valence-electron chi connectivity index (χ1n) is 8.60. The van der Waals surface area contributed by atoms with Gasteiger partial charge in [-0.05, 0) is 35.4 Å². The van der Waals surface area contributed by atoms with Crippen molar-refractivity contribution in [3.05, 3.63) is 102 Å². The summed E-state index contributed by atoms with van der Waals surface area (Å²) in [5, 5.41) is 4.07. The van der Waals surface area contributed by atoms with Crippen LogP contribution >= 0.6 is 0 Å². The molecule has 0 saturated carbocycles. The Morgan fingerprint density at radius 2 is 1.67 bits per heavy atom.